The molecule has 1 unspecified atom stereocenters. The Kier molecular flexibility index (Phi) is 7.72. The topological polar surface area (TPSA) is 33.1 Å². The zero-order chi connectivity index (χ0) is 21.8. The van der Waals surface area contributed by atoms with Gasteiger partial charge in [0.2, 0.25) is 5.90 Å². The van der Waals surface area contributed by atoms with E-state index in [9.17, 15) is 17.6 Å². The third-order valence-electron chi connectivity index (χ3n) is 4.24. The summed E-state index contributed by atoms with van der Waals surface area (Å²) in [5.74, 6) is -2.95. The van der Waals surface area contributed by atoms with Gasteiger partial charge >= 0.3 is 6.18 Å². The maximum Gasteiger partial charge on any atom is 0.399 e. The van der Waals surface area contributed by atoms with Crippen molar-refractivity contribution in [2.45, 2.75) is 32.4 Å². The second-order valence-corrected chi connectivity index (χ2v) is 7.02. The highest BCUT2D eigenvalue weighted by Gasteiger charge is 2.39. The number of halogens is 6. The number of ether oxygens (including phenoxy) is 1. The highest BCUT2D eigenvalue weighted by molar-refractivity contribution is 6.35. The standard InChI is InChI=1S/C21H19Cl2F4NO/c1-3-13-9-12(5-7-15(13)20(28)29-4-2)6-8-16(21(25,26)27)14-10-17(22)19(24)18(23)11-14/h5-11,16,28H,3-4H2,1-2H3/b8-6+,28-20?. The summed E-state index contributed by atoms with van der Waals surface area (Å²) in [7, 11) is 0. The maximum atomic E-state index is 13.6. The molecule has 0 amide bonds. The van der Waals surface area contributed by atoms with Crippen LogP contribution in [0.25, 0.3) is 6.08 Å². The van der Waals surface area contributed by atoms with Gasteiger partial charge in [0.1, 0.15) is 0 Å². The predicted molar refractivity (Wildman–Crippen MR) is 109 cm³/mol. The molecular formula is C21H19Cl2F4NO. The smallest absolute Gasteiger partial charge is 0.399 e. The lowest BCUT2D eigenvalue weighted by molar-refractivity contribution is -0.139. The number of benzene rings is 2. The van der Waals surface area contributed by atoms with Crippen molar-refractivity contribution in [2.75, 3.05) is 6.61 Å². The summed E-state index contributed by atoms with van der Waals surface area (Å²) < 4.78 is 59.6. The zero-order valence-corrected chi connectivity index (χ0v) is 17.2. The van der Waals surface area contributed by atoms with Crippen LogP contribution in [0.15, 0.2) is 36.4 Å². The molecule has 0 aliphatic carbocycles. The van der Waals surface area contributed by atoms with Gasteiger partial charge in [0.05, 0.1) is 22.6 Å². The lowest BCUT2D eigenvalue weighted by Crippen LogP contribution is -2.19. The number of hydrogen-bond donors (Lipinski definition) is 1. The molecule has 0 bridgehead atoms. The van der Waals surface area contributed by atoms with Crippen LogP contribution >= 0.6 is 23.2 Å². The number of rotatable bonds is 6. The Balaban J connectivity index is 2.41. The van der Waals surface area contributed by atoms with Crippen molar-refractivity contribution in [3.05, 3.63) is 74.5 Å². The number of alkyl halides is 3. The molecule has 29 heavy (non-hydrogen) atoms. The van der Waals surface area contributed by atoms with E-state index in [1.165, 1.54) is 6.08 Å². The fourth-order valence-electron chi connectivity index (χ4n) is 2.82. The minimum absolute atomic E-state index is 0.0173. The molecule has 0 aliphatic rings. The van der Waals surface area contributed by atoms with E-state index in [-0.39, 0.29) is 11.5 Å². The van der Waals surface area contributed by atoms with Gasteiger partial charge in [0, 0.05) is 5.56 Å². The van der Waals surface area contributed by atoms with E-state index in [2.05, 4.69) is 0 Å². The average molecular weight is 448 g/mol. The third-order valence-corrected chi connectivity index (χ3v) is 4.79. The van der Waals surface area contributed by atoms with E-state index in [1.807, 2.05) is 6.92 Å². The molecule has 0 aromatic heterocycles. The van der Waals surface area contributed by atoms with Gasteiger partial charge in [-0.3, -0.25) is 5.41 Å². The highest BCUT2D eigenvalue weighted by atomic mass is 35.5. The van der Waals surface area contributed by atoms with Crippen LogP contribution in [0, 0.1) is 11.2 Å². The van der Waals surface area contributed by atoms with Gasteiger partial charge in [-0.2, -0.15) is 13.2 Å². The molecule has 0 saturated heterocycles. The molecule has 2 nitrogen and oxygen atoms in total. The molecule has 0 saturated carbocycles. The summed E-state index contributed by atoms with van der Waals surface area (Å²) in [6.45, 7) is 3.99. The van der Waals surface area contributed by atoms with Crippen molar-refractivity contribution in [3.8, 4) is 0 Å². The predicted octanol–water partition coefficient (Wildman–Crippen LogP) is 7.42. The molecule has 2 rings (SSSR count). The molecular weight excluding hydrogens is 429 g/mol. The van der Waals surface area contributed by atoms with Crippen LogP contribution in [-0.4, -0.2) is 18.7 Å². The van der Waals surface area contributed by atoms with E-state index in [1.54, 1.807) is 25.1 Å². The summed E-state index contributed by atoms with van der Waals surface area (Å²) in [5, 5.41) is 6.98. The number of nitrogens with one attached hydrogen (secondary N) is 1. The van der Waals surface area contributed by atoms with E-state index >= 15 is 0 Å². The Morgan fingerprint density at radius 3 is 2.28 bits per heavy atom. The summed E-state index contributed by atoms with van der Waals surface area (Å²) in [6, 6.07) is 6.81. The normalized spacial score (nSPS) is 13.0. The van der Waals surface area contributed by atoms with Crippen LogP contribution in [0.5, 0.6) is 0 Å². The molecule has 0 fully saturated rings. The first-order valence-corrected chi connectivity index (χ1v) is 9.58. The zero-order valence-electron chi connectivity index (χ0n) is 15.7. The van der Waals surface area contributed by atoms with Crippen LogP contribution in [0.2, 0.25) is 10.0 Å². The van der Waals surface area contributed by atoms with E-state index in [0.717, 1.165) is 23.8 Å². The minimum atomic E-state index is -4.62. The van der Waals surface area contributed by atoms with Gasteiger partial charge in [-0.05, 0) is 48.2 Å². The molecule has 0 radical (unpaired) electrons. The second-order valence-electron chi connectivity index (χ2n) is 6.21. The lowest BCUT2D eigenvalue weighted by atomic mass is 9.96. The van der Waals surface area contributed by atoms with Crippen molar-refractivity contribution in [2.24, 2.45) is 0 Å². The van der Waals surface area contributed by atoms with Gasteiger partial charge in [0.25, 0.3) is 0 Å². The van der Waals surface area contributed by atoms with Crippen LogP contribution in [-0.2, 0) is 11.2 Å². The fourth-order valence-corrected chi connectivity index (χ4v) is 3.33. The Hall–Kier alpha value is -2.05. The van der Waals surface area contributed by atoms with E-state index in [4.69, 9.17) is 33.3 Å². The molecule has 1 atom stereocenters. The Morgan fingerprint density at radius 1 is 1.14 bits per heavy atom. The SMILES string of the molecule is CCOC(=N)c1ccc(/C=C/C(c2cc(Cl)c(F)c(Cl)c2)C(F)(F)F)cc1CC. The van der Waals surface area contributed by atoms with Crippen LogP contribution in [0.1, 0.15) is 42.0 Å². The van der Waals surface area contributed by atoms with E-state index in [0.29, 0.717) is 24.2 Å². The molecule has 2 aromatic rings. The molecule has 2 aromatic carbocycles. The molecule has 156 valence electrons. The van der Waals surface area contributed by atoms with Crippen LogP contribution < -0.4 is 0 Å². The molecule has 0 heterocycles. The van der Waals surface area contributed by atoms with Gasteiger partial charge < -0.3 is 4.74 Å². The number of allylic oxidation sites excluding steroid dienone is 1. The summed E-state index contributed by atoms with van der Waals surface area (Å²) in [6.07, 6.45) is -1.73. The van der Waals surface area contributed by atoms with Gasteiger partial charge in [-0.1, -0.05) is 54.4 Å². The summed E-state index contributed by atoms with van der Waals surface area (Å²) >= 11 is 11.3. The number of aryl methyl sites for hydroxylation is 1. The largest absolute Gasteiger partial charge is 0.478 e. The first-order valence-electron chi connectivity index (χ1n) is 8.82. The minimum Gasteiger partial charge on any atom is -0.478 e. The lowest BCUT2D eigenvalue weighted by Gasteiger charge is -2.18. The summed E-state index contributed by atoms with van der Waals surface area (Å²) in [4.78, 5) is 0. The first-order chi connectivity index (χ1) is 13.6. The van der Waals surface area contributed by atoms with Gasteiger partial charge in [-0.15, -0.1) is 0 Å². The molecule has 1 N–H and O–H groups in total. The quantitative estimate of drug-likeness (QED) is 0.212. The van der Waals surface area contributed by atoms with Crippen molar-refractivity contribution in [1.82, 2.24) is 0 Å². The second kappa shape index (κ2) is 9.63. The molecule has 0 spiro atoms. The third kappa shape index (κ3) is 5.73. The Labute approximate surface area is 176 Å². The van der Waals surface area contributed by atoms with Gasteiger partial charge in [-0.25, -0.2) is 4.39 Å². The van der Waals surface area contributed by atoms with Gasteiger partial charge in [0.15, 0.2) is 5.82 Å². The van der Waals surface area contributed by atoms with Crippen molar-refractivity contribution < 1.29 is 22.3 Å². The van der Waals surface area contributed by atoms with Crippen molar-refractivity contribution in [3.63, 3.8) is 0 Å². The fraction of sp³-hybridized carbons (Fsp3) is 0.286. The van der Waals surface area contributed by atoms with E-state index < -0.39 is 28.0 Å². The monoisotopic (exact) mass is 447 g/mol. The average Bonchev–Trinajstić information content (AvgIpc) is 2.65. The molecule has 8 heteroatoms. The van der Waals surface area contributed by atoms with Crippen LogP contribution in [0.4, 0.5) is 17.6 Å². The molecule has 0 aliphatic heterocycles. The Bertz CT molecular complexity index is 902. The number of hydrogen-bond acceptors (Lipinski definition) is 2. The highest BCUT2D eigenvalue weighted by Crippen LogP contribution is 2.39. The summed E-state index contributed by atoms with van der Waals surface area (Å²) in [5.41, 5.74) is 1.65. The van der Waals surface area contributed by atoms with Crippen molar-refractivity contribution >= 4 is 35.2 Å². The first kappa shape index (κ1) is 23.2. The van der Waals surface area contributed by atoms with Crippen LogP contribution in [0.3, 0.4) is 0 Å². The van der Waals surface area contributed by atoms with Crippen molar-refractivity contribution in [1.29, 1.82) is 5.41 Å². The maximum absolute atomic E-state index is 13.6. The Morgan fingerprint density at radius 2 is 1.76 bits per heavy atom.